The van der Waals surface area contributed by atoms with E-state index in [1.807, 2.05) is 31.7 Å². The fourth-order valence-corrected chi connectivity index (χ4v) is 3.25. The van der Waals surface area contributed by atoms with Crippen LogP contribution < -0.4 is 20.3 Å². The van der Waals surface area contributed by atoms with Crippen molar-refractivity contribution in [1.82, 2.24) is 9.97 Å². The molecule has 0 fully saturated rings. The SMILES string of the molecule is COc1c(C)cnc(CN2c3nc(N)ccc3N(C)C(=O)[C@@H]2C)c1C. The van der Waals surface area contributed by atoms with Gasteiger partial charge in [-0.05, 0) is 32.9 Å². The Morgan fingerprint density at radius 1 is 1.32 bits per heavy atom. The van der Waals surface area contributed by atoms with E-state index in [1.54, 1.807) is 31.3 Å². The average molecular weight is 341 g/mol. The number of ether oxygens (including phenoxy) is 1. The van der Waals surface area contributed by atoms with Crippen LogP contribution in [0.4, 0.5) is 17.3 Å². The lowest BCUT2D eigenvalue weighted by Gasteiger charge is -2.39. The van der Waals surface area contributed by atoms with Gasteiger partial charge in [0.25, 0.3) is 0 Å². The van der Waals surface area contributed by atoms with Crippen molar-refractivity contribution in [1.29, 1.82) is 0 Å². The molecule has 25 heavy (non-hydrogen) atoms. The van der Waals surface area contributed by atoms with Gasteiger partial charge in [-0.3, -0.25) is 9.78 Å². The third-order valence-electron chi connectivity index (χ3n) is 4.73. The highest BCUT2D eigenvalue weighted by molar-refractivity contribution is 6.04. The van der Waals surface area contributed by atoms with Crippen molar-refractivity contribution in [2.24, 2.45) is 0 Å². The van der Waals surface area contributed by atoms with Crippen LogP contribution in [0.3, 0.4) is 0 Å². The number of hydrogen-bond acceptors (Lipinski definition) is 6. The molecule has 2 aromatic heterocycles. The Labute approximate surface area is 147 Å². The standard InChI is InChI=1S/C18H23N5O2/c1-10-8-20-13(11(2)16(10)25-5)9-23-12(3)18(24)22(4)14-6-7-15(19)21-17(14)23/h6-8,12H,9H2,1-5H3,(H2,19,21)/t12-/m0/s1. The Kier molecular flexibility index (Phi) is 4.24. The maximum atomic E-state index is 12.6. The smallest absolute Gasteiger partial charge is 0.249 e. The summed E-state index contributed by atoms with van der Waals surface area (Å²) in [5.41, 5.74) is 9.42. The molecule has 1 aliphatic rings. The van der Waals surface area contributed by atoms with Crippen LogP contribution in [0.25, 0.3) is 0 Å². The van der Waals surface area contributed by atoms with E-state index in [0.717, 1.165) is 28.3 Å². The summed E-state index contributed by atoms with van der Waals surface area (Å²) < 4.78 is 5.49. The molecule has 0 aromatic carbocycles. The lowest BCUT2D eigenvalue weighted by molar-refractivity contribution is -0.119. The van der Waals surface area contributed by atoms with Gasteiger partial charge < -0.3 is 20.3 Å². The van der Waals surface area contributed by atoms with Crippen molar-refractivity contribution in [3.05, 3.63) is 35.2 Å². The zero-order valence-electron chi connectivity index (χ0n) is 15.2. The number of hydrogen-bond donors (Lipinski definition) is 1. The summed E-state index contributed by atoms with van der Waals surface area (Å²) in [7, 11) is 3.41. The van der Waals surface area contributed by atoms with Crippen molar-refractivity contribution in [3.8, 4) is 5.75 Å². The fourth-order valence-electron chi connectivity index (χ4n) is 3.25. The number of likely N-dealkylation sites (N-methyl/N-ethyl adjacent to an activating group) is 1. The van der Waals surface area contributed by atoms with Crippen molar-refractivity contribution < 1.29 is 9.53 Å². The highest BCUT2D eigenvalue weighted by Crippen LogP contribution is 2.36. The monoisotopic (exact) mass is 341 g/mol. The maximum Gasteiger partial charge on any atom is 0.249 e. The van der Waals surface area contributed by atoms with Crippen LogP contribution in [0.2, 0.25) is 0 Å². The minimum absolute atomic E-state index is 0.0100. The topological polar surface area (TPSA) is 84.6 Å². The third-order valence-corrected chi connectivity index (χ3v) is 4.73. The third kappa shape index (κ3) is 2.75. The summed E-state index contributed by atoms with van der Waals surface area (Å²) in [6.07, 6.45) is 1.79. The Balaban J connectivity index is 2.07. The largest absolute Gasteiger partial charge is 0.496 e. The second-order valence-electron chi connectivity index (χ2n) is 6.33. The number of nitrogen functional groups attached to an aromatic ring is 1. The average Bonchev–Trinajstić information content (AvgIpc) is 2.59. The number of nitrogens with two attached hydrogens (primary N) is 1. The van der Waals surface area contributed by atoms with Crippen molar-refractivity contribution in [2.45, 2.75) is 33.4 Å². The lowest BCUT2D eigenvalue weighted by Crippen LogP contribution is -2.51. The van der Waals surface area contributed by atoms with Crippen LogP contribution in [0, 0.1) is 13.8 Å². The first-order valence-electron chi connectivity index (χ1n) is 8.15. The molecule has 1 atom stereocenters. The predicted octanol–water partition coefficient (Wildman–Crippen LogP) is 2.06. The predicted molar refractivity (Wildman–Crippen MR) is 98.0 cm³/mol. The first-order chi connectivity index (χ1) is 11.8. The normalized spacial score (nSPS) is 16.8. The van der Waals surface area contributed by atoms with E-state index in [-0.39, 0.29) is 11.9 Å². The van der Waals surface area contributed by atoms with E-state index in [1.165, 1.54) is 0 Å². The quantitative estimate of drug-likeness (QED) is 0.920. The van der Waals surface area contributed by atoms with Crippen LogP contribution in [0.5, 0.6) is 5.75 Å². The van der Waals surface area contributed by atoms with Crippen LogP contribution >= 0.6 is 0 Å². The van der Waals surface area contributed by atoms with Crippen molar-refractivity contribution in [2.75, 3.05) is 29.7 Å². The molecule has 1 aliphatic heterocycles. The molecule has 7 heteroatoms. The molecule has 2 N–H and O–H groups in total. The molecule has 0 saturated heterocycles. The summed E-state index contributed by atoms with van der Waals surface area (Å²) in [6, 6.07) is 3.17. The van der Waals surface area contributed by atoms with Gasteiger partial charge in [-0.2, -0.15) is 0 Å². The number of aromatic nitrogens is 2. The Hall–Kier alpha value is -2.83. The Bertz CT molecular complexity index is 836. The lowest BCUT2D eigenvalue weighted by atomic mass is 10.1. The molecule has 0 aliphatic carbocycles. The molecule has 0 spiro atoms. The summed E-state index contributed by atoms with van der Waals surface area (Å²) in [5.74, 6) is 1.94. The summed E-state index contributed by atoms with van der Waals surface area (Å²) in [4.78, 5) is 25.2. The van der Waals surface area contributed by atoms with Crippen LogP contribution in [0.1, 0.15) is 23.7 Å². The number of anilines is 3. The molecule has 1 amide bonds. The summed E-state index contributed by atoms with van der Waals surface area (Å²) in [6.45, 7) is 6.26. The fraction of sp³-hybridized carbons (Fsp3) is 0.389. The van der Waals surface area contributed by atoms with Gasteiger partial charge in [0.05, 0.1) is 25.0 Å². The van der Waals surface area contributed by atoms with Gasteiger partial charge in [-0.25, -0.2) is 4.98 Å². The number of rotatable bonds is 3. The number of methoxy groups -OCH3 is 1. The molecule has 0 unspecified atom stereocenters. The van der Waals surface area contributed by atoms with E-state index in [0.29, 0.717) is 18.2 Å². The number of fused-ring (bicyclic) bond motifs is 1. The molecule has 3 rings (SSSR count). The number of carbonyl (C=O) groups excluding carboxylic acids is 1. The summed E-state index contributed by atoms with van der Waals surface area (Å²) >= 11 is 0. The number of nitrogens with zero attached hydrogens (tertiary/aromatic N) is 4. The Morgan fingerprint density at radius 3 is 2.72 bits per heavy atom. The number of carbonyl (C=O) groups is 1. The van der Waals surface area contributed by atoms with E-state index in [2.05, 4.69) is 9.97 Å². The molecular formula is C18H23N5O2. The van der Waals surface area contributed by atoms with E-state index in [9.17, 15) is 4.79 Å². The van der Waals surface area contributed by atoms with Crippen LogP contribution in [0.15, 0.2) is 18.3 Å². The van der Waals surface area contributed by atoms with E-state index < -0.39 is 0 Å². The van der Waals surface area contributed by atoms with Gasteiger partial charge in [0.15, 0.2) is 5.82 Å². The van der Waals surface area contributed by atoms with Crippen molar-refractivity contribution in [3.63, 3.8) is 0 Å². The first-order valence-corrected chi connectivity index (χ1v) is 8.15. The van der Waals surface area contributed by atoms with Crippen LogP contribution in [-0.2, 0) is 11.3 Å². The maximum absolute atomic E-state index is 12.6. The van der Waals surface area contributed by atoms with Gasteiger partial charge in [0.2, 0.25) is 5.91 Å². The van der Waals surface area contributed by atoms with Gasteiger partial charge in [-0.15, -0.1) is 0 Å². The molecular weight excluding hydrogens is 318 g/mol. The van der Waals surface area contributed by atoms with Gasteiger partial charge in [0.1, 0.15) is 17.6 Å². The second kappa shape index (κ2) is 6.23. The highest BCUT2D eigenvalue weighted by atomic mass is 16.5. The minimum atomic E-state index is -0.361. The van der Waals surface area contributed by atoms with Crippen molar-refractivity contribution >= 4 is 23.2 Å². The number of amides is 1. The number of aryl methyl sites for hydroxylation is 1. The van der Waals surface area contributed by atoms with Crippen LogP contribution in [-0.4, -0.2) is 36.1 Å². The van der Waals surface area contributed by atoms with E-state index >= 15 is 0 Å². The van der Waals surface area contributed by atoms with E-state index in [4.69, 9.17) is 10.5 Å². The van der Waals surface area contributed by atoms with Gasteiger partial charge >= 0.3 is 0 Å². The zero-order chi connectivity index (χ0) is 18.3. The molecule has 132 valence electrons. The highest BCUT2D eigenvalue weighted by Gasteiger charge is 2.35. The molecule has 3 heterocycles. The molecule has 0 bridgehead atoms. The molecule has 2 aromatic rings. The minimum Gasteiger partial charge on any atom is -0.496 e. The molecule has 7 nitrogen and oxygen atoms in total. The number of pyridine rings is 2. The molecule has 0 saturated carbocycles. The first kappa shape index (κ1) is 17.0. The summed E-state index contributed by atoms with van der Waals surface area (Å²) in [5, 5.41) is 0. The zero-order valence-corrected chi connectivity index (χ0v) is 15.2. The van der Waals surface area contributed by atoms with Gasteiger partial charge in [0, 0.05) is 24.4 Å². The molecule has 0 radical (unpaired) electrons. The van der Waals surface area contributed by atoms with Gasteiger partial charge in [-0.1, -0.05) is 0 Å². The second-order valence-corrected chi connectivity index (χ2v) is 6.33. The Morgan fingerprint density at radius 2 is 2.04 bits per heavy atom.